The fourth-order valence-electron chi connectivity index (χ4n) is 1.24. The molecule has 0 radical (unpaired) electrons. The van der Waals surface area contributed by atoms with Crippen molar-refractivity contribution >= 4 is 17.6 Å². The molecule has 2 rings (SSSR count). The summed E-state index contributed by atoms with van der Waals surface area (Å²) in [5.74, 6) is -0.197. The fourth-order valence-corrected chi connectivity index (χ4v) is 1.24. The molecular weight excluding hydrogens is 196 g/mol. The fraction of sp³-hybridized carbons (Fsp3) is 0.222. The van der Waals surface area contributed by atoms with E-state index >= 15 is 0 Å². The van der Waals surface area contributed by atoms with Crippen molar-refractivity contribution < 1.29 is 9.53 Å². The van der Waals surface area contributed by atoms with Crippen molar-refractivity contribution in [2.24, 2.45) is 0 Å². The number of fused-ring (bicyclic) bond motifs is 1. The summed E-state index contributed by atoms with van der Waals surface area (Å²) < 4.78 is 6.35. The number of nitrogens with two attached hydrogens (primary N) is 1. The zero-order chi connectivity index (χ0) is 10.8. The number of hydrogen-bond donors (Lipinski definition) is 1. The second kappa shape index (κ2) is 3.56. The Bertz CT molecular complexity index is 506. The Morgan fingerprint density at radius 2 is 2.47 bits per heavy atom. The van der Waals surface area contributed by atoms with Crippen LogP contribution < -0.4 is 5.73 Å². The normalized spacial score (nSPS) is 10.5. The molecule has 0 spiro atoms. The van der Waals surface area contributed by atoms with Gasteiger partial charge in [0.2, 0.25) is 5.95 Å². The minimum atomic E-state index is -0.374. The van der Waals surface area contributed by atoms with Gasteiger partial charge in [-0.05, 0) is 19.1 Å². The van der Waals surface area contributed by atoms with Crippen LogP contribution in [0.15, 0.2) is 18.3 Å². The molecule has 78 valence electrons. The third-order valence-corrected chi connectivity index (χ3v) is 1.87. The Morgan fingerprint density at radius 3 is 3.20 bits per heavy atom. The molecule has 6 nitrogen and oxygen atoms in total. The highest BCUT2D eigenvalue weighted by Gasteiger charge is 2.08. The number of pyridine rings is 1. The molecule has 0 fully saturated rings. The summed E-state index contributed by atoms with van der Waals surface area (Å²) in [6, 6.07) is 3.19. The van der Waals surface area contributed by atoms with Crippen molar-refractivity contribution in [1.29, 1.82) is 0 Å². The third kappa shape index (κ3) is 1.74. The van der Waals surface area contributed by atoms with Crippen molar-refractivity contribution in [3.63, 3.8) is 0 Å². The minimum absolute atomic E-state index is 0.177. The van der Waals surface area contributed by atoms with Gasteiger partial charge in [-0.2, -0.15) is 4.98 Å². The number of carbonyl (C=O) groups excluding carboxylic acids is 1. The summed E-state index contributed by atoms with van der Waals surface area (Å²) in [7, 11) is 0. The zero-order valence-electron chi connectivity index (χ0n) is 8.17. The minimum Gasteiger partial charge on any atom is -0.462 e. The first kappa shape index (κ1) is 9.45. The second-order valence-electron chi connectivity index (χ2n) is 2.91. The van der Waals surface area contributed by atoms with E-state index in [0.29, 0.717) is 17.8 Å². The van der Waals surface area contributed by atoms with Gasteiger partial charge in [-0.25, -0.2) is 9.31 Å². The van der Waals surface area contributed by atoms with Gasteiger partial charge in [0.1, 0.15) is 0 Å². The van der Waals surface area contributed by atoms with Crippen molar-refractivity contribution in [3.8, 4) is 0 Å². The molecule has 2 aromatic rings. The van der Waals surface area contributed by atoms with Gasteiger partial charge < -0.3 is 10.5 Å². The maximum atomic E-state index is 11.4. The van der Waals surface area contributed by atoms with Crippen molar-refractivity contribution in [2.45, 2.75) is 6.92 Å². The van der Waals surface area contributed by atoms with Crippen LogP contribution in [0.4, 0.5) is 5.95 Å². The molecule has 0 unspecified atom stereocenters. The number of rotatable bonds is 2. The lowest BCUT2D eigenvalue weighted by Crippen LogP contribution is -2.05. The quantitative estimate of drug-likeness (QED) is 0.723. The Morgan fingerprint density at radius 1 is 1.67 bits per heavy atom. The van der Waals surface area contributed by atoms with Crippen LogP contribution in [0.5, 0.6) is 0 Å². The average molecular weight is 206 g/mol. The van der Waals surface area contributed by atoms with Gasteiger partial charge in [0.15, 0.2) is 5.65 Å². The monoisotopic (exact) mass is 206 g/mol. The van der Waals surface area contributed by atoms with Gasteiger partial charge in [-0.3, -0.25) is 0 Å². The third-order valence-electron chi connectivity index (χ3n) is 1.87. The van der Waals surface area contributed by atoms with E-state index in [4.69, 9.17) is 10.5 Å². The van der Waals surface area contributed by atoms with Crippen molar-refractivity contribution in [2.75, 3.05) is 12.3 Å². The lowest BCUT2D eigenvalue weighted by Gasteiger charge is -2.00. The molecule has 0 atom stereocenters. The Hall–Kier alpha value is -2.11. The van der Waals surface area contributed by atoms with Crippen LogP contribution in [0, 0.1) is 0 Å². The molecule has 0 bridgehead atoms. The van der Waals surface area contributed by atoms with E-state index in [1.54, 1.807) is 25.3 Å². The highest BCUT2D eigenvalue weighted by molar-refractivity contribution is 5.90. The standard InChI is InChI=1S/C9H10N4O2/c1-2-15-8(14)6-3-4-13-7(5-6)11-9(10)12-13/h3-5H,2H2,1H3,(H2,10,12). The maximum Gasteiger partial charge on any atom is 0.338 e. The summed E-state index contributed by atoms with van der Waals surface area (Å²) in [6.45, 7) is 2.10. The zero-order valence-corrected chi connectivity index (χ0v) is 8.17. The van der Waals surface area contributed by atoms with Crippen LogP contribution in [0.25, 0.3) is 5.65 Å². The van der Waals surface area contributed by atoms with E-state index in [9.17, 15) is 4.79 Å². The van der Waals surface area contributed by atoms with E-state index in [1.165, 1.54) is 4.52 Å². The Balaban J connectivity index is 2.41. The van der Waals surface area contributed by atoms with Gasteiger partial charge in [0, 0.05) is 6.20 Å². The topological polar surface area (TPSA) is 82.5 Å². The molecule has 2 aromatic heterocycles. The van der Waals surface area contributed by atoms with Gasteiger partial charge in [-0.15, -0.1) is 5.10 Å². The highest BCUT2D eigenvalue weighted by atomic mass is 16.5. The number of ether oxygens (including phenoxy) is 1. The van der Waals surface area contributed by atoms with Crippen molar-refractivity contribution in [3.05, 3.63) is 23.9 Å². The number of hydrogen-bond acceptors (Lipinski definition) is 5. The largest absolute Gasteiger partial charge is 0.462 e. The molecule has 0 aromatic carbocycles. The lowest BCUT2D eigenvalue weighted by molar-refractivity contribution is 0.0526. The maximum absolute atomic E-state index is 11.4. The molecule has 0 aliphatic carbocycles. The Labute approximate surface area is 85.7 Å². The molecule has 2 heterocycles. The first-order chi connectivity index (χ1) is 7.20. The average Bonchev–Trinajstić information content (AvgIpc) is 2.57. The van der Waals surface area contributed by atoms with E-state index in [-0.39, 0.29) is 11.9 Å². The number of esters is 1. The van der Waals surface area contributed by atoms with Crippen LogP contribution >= 0.6 is 0 Å². The van der Waals surface area contributed by atoms with Crippen LogP contribution in [-0.2, 0) is 4.74 Å². The number of nitrogen functional groups attached to an aromatic ring is 1. The summed E-state index contributed by atoms with van der Waals surface area (Å²) in [5, 5.41) is 3.89. The van der Waals surface area contributed by atoms with E-state index < -0.39 is 0 Å². The van der Waals surface area contributed by atoms with Crippen LogP contribution in [0.2, 0.25) is 0 Å². The number of carbonyl (C=O) groups is 1. The predicted octanol–water partition coefficient (Wildman–Crippen LogP) is 0.488. The molecule has 15 heavy (non-hydrogen) atoms. The van der Waals surface area contributed by atoms with Gasteiger partial charge in [0.05, 0.1) is 12.2 Å². The molecule has 0 aliphatic rings. The van der Waals surface area contributed by atoms with Gasteiger partial charge >= 0.3 is 5.97 Å². The summed E-state index contributed by atoms with van der Waals surface area (Å²) in [4.78, 5) is 15.3. The molecule has 0 aliphatic heterocycles. The first-order valence-corrected chi connectivity index (χ1v) is 4.49. The van der Waals surface area contributed by atoms with E-state index in [1.807, 2.05) is 0 Å². The molecule has 0 saturated carbocycles. The van der Waals surface area contributed by atoms with Gasteiger partial charge in [0.25, 0.3) is 0 Å². The molecular formula is C9H10N4O2. The SMILES string of the molecule is CCOC(=O)c1ccn2nc(N)nc2c1. The second-order valence-corrected chi connectivity index (χ2v) is 2.91. The van der Waals surface area contributed by atoms with Crippen LogP contribution in [-0.4, -0.2) is 27.2 Å². The first-order valence-electron chi connectivity index (χ1n) is 4.49. The number of nitrogens with zero attached hydrogens (tertiary/aromatic N) is 3. The number of aromatic nitrogens is 3. The summed E-state index contributed by atoms with van der Waals surface area (Å²) >= 11 is 0. The van der Waals surface area contributed by atoms with Gasteiger partial charge in [-0.1, -0.05) is 0 Å². The number of anilines is 1. The summed E-state index contributed by atoms with van der Waals surface area (Å²) in [5.41, 5.74) is 6.38. The van der Waals surface area contributed by atoms with E-state index in [0.717, 1.165) is 0 Å². The van der Waals surface area contributed by atoms with E-state index in [2.05, 4.69) is 10.1 Å². The smallest absolute Gasteiger partial charge is 0.338 e. The molecule has 6 heteroatoms. The molecule has 0 amide bonds. The molecule has 2 N–H and O–H groups in total. The van der Waals surface area contributed by atoms with Crippen LogP contribution in [0.3, 0.4) is 0 Å². The van der Waals surface area contributed by atoms with Crippen molar-refractivity contribution in [1.82, 2.24) is 14.6 Å². The molecule has 0 saturated heterocycles. The van der Waals surface area contributed by atoms with Crippen LogP contribution in [0.1, 0.15) is 17.3 Å². The highest BCUT2D eigenvalue weighted by Crippen LogP contribution is 2.07. The Kier molecular flexibility index (Phi) is 2.24. The lowest BCUT2D eigenvalue weighted by atomic mass is 10.3. The predicted molar refractivity (Wildman–Crippen MR) is 53.4 cm³/mol. The summed E-state index contributed by atoms with van der Waals surface area (Å²) in [6.07, 6.45) is 1.62.